The summed E-state index contributed by atoms with van der Waals surface area (Å²) < 4.78 is 19.5. The van der Waals surface area contributed by atoms with Gasteiger partial charge in [-0.2, -0.15) is 0 Å². The minimum Gasteiger partial charge on any atom is -0.491 e. The number of benzene rings is 1. The van der Waals surface area contributed by atoms with Crippen molar-refractivity contribution in [3.8, 4) is 11.4 Å². The molecule has 11 heteroatoms. The highest BCUT2D eigenvalue weighted by Gasteiger charge is 2.16. The third-order valence-corrected chi connectivity index (χ3v) is 4.47. The number of nitrogens with one attached hydrogen (secondary N) is 2. The number of halogens is 1. The predicted molar refractivity (Wildman–Crippen MR) is 115 cm³/mol. The monoisotopic (exact) mass is 448 g/mol. The van der Waals surface area contributed by atoms with Crippen molar-refractivity contribution in [1.82, 2.24) is 25.6 Å². The molecule has 1 aromatic heterocycles. The molecule has 2 rings (SSSR count). The Labute approximate surface area is 185 Å². The third-order valence-electron chi connectivity index (χ3n) is 4.47. The molecule has 1 aromatic carbocycles. The Morgan fingerprint density at radius 2 is 1.91 bits per heavy atom. The Morgan fingerprint density at radius 1 is 1.12 bits per heavy atom. The van der Waals surface area contributed by atoms with E-state index in [1.807, 2.05) is 6.92 Å². The summed E-state index contributed by atoms with van der Waals surface area (Å²) in [4.78, 5) is 35.2. The Balaban J connectivity index is 2.16. The van der Waals surface area contributed by atoms with Crippen LogP contribution in [0.5, 0.6) is 5.75 Å². The largest absolute Gasteiger partial charge is 0.491 e. The van der Waals surface area contributed by atoms with E-state index in [0.717, 1.165) is 19.3 Å². The van der Waals surface area contributed by atoms with Crippen LogP contribution in [0.4, 0.5) is 4.39 Å². The molecule has 0 bridgehead atoms. The summed E-state index contributed by atoms with van der Waals surface area (Å²) in [5, 5.41) is 13.1. The summed E-state index contributed by atoms with van der Waals surface area (Å²) in [7, 11) is 0. The topological polar surface area (TPSA) is 141 Å². The van der Waals surface area contributed by atoms with E-state index in [-0.39, 0.29) is 31.2 Å². The maximum atomic E-state index is 12.2. The van der Waals surface area contributed by atoms with Gasteiger partial charge in [0.05, 0.1) is 19.5 Å². The van der Waals surface area contributed by atoms with E-state index in [4.69, 9.17) is 10.5 Å². The molecule has 0 radical (unpaired) electrons. The van der Waals surface area contributed by atoms with E-state index >= 15 is 0 Å². The number of amides is 3. The summed E-state index contributed by atoms with van der Waals surface area (Å²) in [5.41, 5.74) is 6.04. The summed E-state index contributed by atoms with van der Waals surface area (Å²) in [6, 6.07) is 4.89. The predicted octanol–water partition coefficient (Wildman–Crippen LogP) is 1.53. The number of alkyl halides is 1. The fourth-order valence-electron chi connectivity index (χ4n) is 2.83. The molecule has 0 saturated heterocycles. The lowest BCUT2D eigenvalue weighted by Crippen LogP contribution is -2.28. The first-order valence-corrected chi connectivity index (χ1v) is 10.6. The zero-order valence-electron chi connectivity index (χ0n) is 18.1. The van der Waals surface area contributed by atoms with Crippen LogP contribution in [0.15, 0.2) is 24.4 Å². The van der Waals surface area contributed by atoms with Gasteiger partial charge >= 0.3 is 0 Å². The van der Waals surface area contributed by atoms with Gasteiger partial charge in [0.15, 0.2) is 5.69 Å². The van der Waals surface area contributed by atoms with E-state index in [2.05, 4.69) is 20.9 Å². The lowest BCUT2D eigenvalue weighted by atomic mass is 10.1. The first kappa shape index (κ1) is 24.8. The first-order valence-electron chi connectivity index (χ1n) is 10.6. The number of hydrogen-bond acceptors (Lipinski definition) is 6. The number of carbonyl (C=O) groups excluding carboxylic acids is 3. The minimum atomic E-state index is -0.521. The molecule has 0 aliphatic carbocycles. The van der Waals surface area contributed by atoms with Crippen LogP contribution in [0, 0.1) is 0 Å². The second-order valence-corrected chi connectivity index (χ2v) is 7.01. The molecule has 0 saturated carbocycles. The molecule has 0 fully saturated rings. The second-order valence-electron chi connectivity index (χ2n) is 7.01. The maximum absolute atomic E-state index is 12.2. The van der Waals surface area contributed by atoms with Crippen molar-refractivity contribution in [3.63, 3.8) is 0 Å². The van der Waals surface area contributed by atoms with Gasteiger partial charge in [-0.05, 0) is 44.4 Å². The van der Waals surface area contributed by atoms with E-state index in [0.29, 0.717) is 36.6 Å². The molecular weight excluding hydrogens is 419 g/mol. The van der Waals surface area contributed by atoms with Crippen molar-refractivity contribution in [3.05, 3.63) is 35.7 Å². The fourth-order valence-corrected chi connectivity index (χ4v) is 2.83. The number of carbonyl (C=O) groups is 3. The highest BCUT2D eigenvalue weighted by atomic mass is 19.1. The third kappa shape index (κ3) is 7.64. The lowest BCUT2D eigenvalue weighted by molar-refractivity contribution is -0.117. The lowest BCUT2D eigenvalue weighted by Gasteiger charge is -2.13. The van der Waals surface area contributed by atoms with E-state index in [1.54, 1.807) is 18.2 Å². The van der Waals surface area contributed by atoms with Gasteiger partial charge in [-0.25, -0.2) is 4.68 Å². The number of ether oxygens (including phenoxy) is 1. The molecule has 174 valence electrons. The molecule has 32 heavy (non-hydrogen) atoms. The summed E-state index contributed by atoms with van der Waals surface area (Å²) in [6.07, 6.45) is 4.31. The molecule has 4 N–H and O–H groups in total. The van der Waals surface area contributed by atoms with Crippen LogP contribution in [-0.2, 0) is 4.79 Å². The average molecular weight is 448 g/mol. The van der Waals surface area contributed by atoms with Gasteiger partial charge in [0.2, 0.25) is 5.91 Å². The second kappa shape index (κ2) is 13.0. The van der Waals surface area contributed by atoms with Crippen molar-refractivity contribution in [2.24, 2.45) is 5.73 Å². The Bertz CT molecular complexity index is 917. The molecule has 0 aliphatic rings. The van der Waals surface area contributed by atoms with Crippen LogP contribution >= 0.6 is 0 Å². The van der Waals surface area contributed by atoms with Gasteiger partial charge in [0.1, 0.15) is 11.4 Å². The highest BCUT2D eigenvalue weighted by molar-refractivity contribution is 5.95. The number of unbranched alkanes of at least 4 members (excludes halogenated alkanes) is 3. The molecule has 1 heterocycles. The van der Waals surface area contributed by atoms with Gasteiger partial charge in [-0.15, -0.1) is 5.10 Å². The van der Waals surface area contributed by atoms with Crippen LogP contribution < -0.4 is 21.1 Å². The van der Waals surface area contributed by atoms with Crippen LogP contribution in [0.3, 0.4) is 0 Å². The molecule has 10 nitrogen and oxygen atoms in total. The van der Waals surface area contributed by atoms with Crippen molar-refractivity contribution >= 4 is 17.7 Å². The first-order chi connectivity index (χ1) is 15.5. The van der Waals surface area contributed by atoms with Crippen molar-refractivity contribution < 1.29 is 23.5 Å². The number of primary amides is 1. The Kier molecular flexibility index (Phi) is 10.1. The van der Waals surface area contributed by atoms with Crippen molar-refractivity contribution in [1.29, 1.82) is 0 Å². The smallest absolute Gasteiger partial charge is 0.273 e. The molecule has 0 spiro atoms. The normalized spacial score (nSPS) is 10.6. The van der Waals surface area contributed by atoms with Crippen LogP contribution in [-0.4, -0.2) is 59.1 Å². The van der Waals surface area contributed by atoms with E-state index in [1.165, 1.54) is 10.9 Å². The van der Waals surface area contributed by atoms with Gasteiger partial charge in [0.25, 0.3) is 11.8 Å². The average Bonchev–Trinajstić information content (AvgIpc) is 3.26. The molecule has 0 unspecified atom stereocenters. The standard InChI is InChI=1S/C21H29FN6O4/c1-2-24-20(30)15-7-8-17(18(13-15)32-12-6-4-3-5-10-22)28-14-16(26-27-28)21(31)25-11-9-19(23)29/h7-8,13-14H,2-6,9-12H2,1H3,(H2,23,29)(H,24,30)(H,25,31). The number of aromatic nitrogens is 3. The Hall–Kier alpha value is -3.50. The van der Waals surface area contributed by atoms with Gasteiger partial charge < -0.3 is 21.1 Å². The molecular formula is C21H29FN6O4. The zero-order chi connectivity index (χ0) is 23.3. The van der Waals surface area contributed by atoms with Gasteiger partial charge in [-0.3, -0.25) is 18.8 Å². The fraction of sp³-hybridized carbons (Fsp3) is 0.476. The summed E-state index contributed by atoms with van der Waals surface area (Å²) in [6.45, 7) is 2.46. The molecule has 2 aromatic rings. The summed E-state index contributed by atoms with van der Waals surface area (Å²) >= 11 is 0. The van der Waals surface area contributed by atoms with Gasteiger partial charge in [-0.1, -0.05) is 11.6 Å². The highest BCUT2D eigenvalue weighted by Crippen LogP contribution is 2.25. The van der Waals surface area contributed by atoms with E-state index < -0.39 is 11.8 Å². The number of rotatable bonds is 14. The SMILES string of the molecule is CCNC(=O)c1ccc(-n2cc(C(=O)NCCC(N)=O)nn2)c(OCCCCCCF)c1. The minimum absolute atomic E-state index is 0.0183. The zero-order valence-corrected chi connectivity index (χ0v) is 18.1. The number of hydrogen-bond donors (Lipinski definition) is 3. The van der Waals surface area contributed by atoms with Crippen molar-refractivity contribution in [2.75, 3.05) is 26.4 Å². The van der Waals surface area contributed by atoms with Crippen LogP contribution in [0.2, 0.25) is 0 Å². The van der Waals surface area contributed by atoms with Crippen LogP contribution in [0.25, 0.3) is 5.69 Å². The van der Waals surface area contributed by atoms with E-state index in [9.17, 15) is 18.8 Å². The summed E-state index contributed by atoms with van der Waals surface area (Å²) in [5.74, 6) is -0.843. The van der Waals surface area contributed by atoms with Gasteiger partial charge in [0, 0.05) is 25.1 Å². The molecule has 0 aliphatic heterocycles. The Morgan fingerprint density at radius 3 is 2.62 bits per heavy atom. The van der Waals surface area contributed by atoms with Crippen molar-refractivity contribution in [2.45, 2.75) is 39.0 Å². The van der Waals surface area contributed by atoms with Crippen LogP contribution in [0.1, 0.15) is 59.9 Å². The number of nitrogens with two attached hydrogens (primary N) is 1. The maximum Gasteiger partial charge on any atom is 0.273 e. The quantitative estimate of drug-likeness (QED) is 0.374. The number of nitrogens with zero attached hydrogens (tertiary/aromatic N) is 3. The molecule has 0 atom stereocenters. The molecule has 3 amide bonds.